The summed E-state index contributed by atoms with van der Waals surface area (Å²) in [6, 6.07) is 5.00. The second kappa shape index (κ2) is 6.44. The first-order valence-corrected chi connectivity index (χ1v) is 7.99. The number of fused-ring (bicyclic) bond motifs is 1. The monoisotopic (exact) mass is 326 g/mol. The molecule has 3 rings (SSSR count). The molecule has 0 unspecified atom stereocenters. The van der Waals surface area contributed by atoms with E-state index in [0.29, 0.717) is 41.7 Å². The van der Waals surface area contributed by atoms with E-state index in [4.69, 9.17) is 0 Å². The van der Waals surface area contributed by atoms with Crippen LogP contribution in [0.25, 0.3) is 10.9 Å². The number of pyridine rings is 1. The quantitative estimate of drug-likeness (QED) is 0.866. The molecule has 0 spiro atoms. The summed E-state index contributed by atoms with van der Waals surface area (Å²) in [6.07, 6.45) is 3.03. The molecule has 1 fully saturated rings. The Bertz CT molecular complexity index is 843. The van der Waals surface area contributed by atoms with E-state index >= 15 is 0 Å². The standard InChI is InChI=1S/C18H19FN4O/c1-12-8-14(19)9-15-17(12)21-11-13(10-20)18(15)22(2)6-7-23-5-3-4-16(23)24/h8-9,11H,3-7H2,1-2H3. The van der Waals surface area contributed by atoms with Crippen LogP contribution >= 0.6 is 0 Å². The zero-order chi connectivity index (χ0) is 17.3. The Balaban J connectivity index is 1.97. The number of carbonyl (C=O) groups is 1. The zero-order valence-electron chi connectivity index (χ0n) is 13.8. The van der Waals surface area contributed by atoms with Crippen LogP contribution in [0.1, 0.15) is 24.0 Å². The Kier molecular flexibility index (Phi) is 4.34. The molecular weight excluding hydrogens is 307 g/mol. The topological polar surface area (TPSA) is 60.2 Å². The van der Waals surface area contributed by atoms with Crippen molar-refractivity contribution in [2.24, 2.45) is 0 Å². The van der Waals surface area contributed by atoms with Gasteiger partial charge in [0.25, 0.3) is 0 Å². The number of amides is 1. The number of halogens is 1. The Morgan fingerprint density at radius 3 is 2.92 bits per heavy atom. The molecule has 2 heterocycles. The lowest BCUT2D eigenvalue weighted by Crippen LogP contribution is -2.34. The maximum Gasteiger partial charge on any atom is 0.222 e. The molecule has 1 aliphatic heterocycles. The molecule has 0 bridgehead atoms. The number of likely N-dealkylation sites (N-methyl/N-ethyl adjacent to an activating group) is 1. The Morgan fingerprint density at radius 1 is 1.46 bits per heavy atom. The summed E-state index contributed by atoms with van der Waals surface area (Å²) in [4.78, 5) is 19.8. The summed E-state index contributed by atoms with van der Waals surface area (Å²) in [7, 11) is 1.86. The molecular formula is C18H19FN4O. The van der Waals surface area contributed by atoms with Crippen LogP contribution in [-0.2, 0) is 4.79 Å². The number of hydrogen-bond donors (Lipinski definition) is 0. The third-order valence-corrected chi connectivity index (χ3v) is 4.48. The van der Waals surface area contributed by atoms with Gasteiger partial charge in [-0.25, -0.2) is 4.39 Å². The normalized spacial score (nSPS) is 14.2. The predicted molar refractivity (Wildman–Crippen MR) is 90.2 cm³/mol. The van der Waals surface area contributed by atoms with E-state index < -0.39 is 0 Å². The summed E-state index contributed by atoms with van der Waals surface area (Å²) in [5.74, 6) is -0.174. The summed E-state index contributed by atoms with van der Waals surface area (Å²) < 4.78 is 13.9. The molecule has 5 nitrogen and oxygen atoms in total. The smallest absolute Gasteiger partial charge is 0.222 e. The first-order valence-electron chi connectivity index (χ1n) is 7.99. The van der Waals surface area contributed by atoms with Crippen molar-refractivity contribution in [1.29, 1.82) is 5.26 Å². The van der Waals surface area contributed by atoms with Gasteiger partial charge in [0.05, 0.1) is 16.8 Å². The van der Waals surface area contributed by atoms with Crippen molar-refractivity contribution in [3.8, 4) is 6.07 Å². The van der Waals surface area contributed by atoms with Crippen LogP contribution in [0, 0.1) is 24.1 Å². The maximum atomic E-state index is 13.9. The summed E-state index contributed by atoms with van der Waals surface area (Å²) in [5, 5.41) is 10.0. The van der Waals surface area contributed by atoms with E-state index in [1.165, 1.54) is 18.3 Å². The average molecular weight is 326 g/mol. The number of nitrogens with zero attached hydrogens (tertiary/aromatic N) is 4. The van der Waals surface area contributed by atoms with Gasteiger partial charge in [-0.05, 0) is 31.0 Å². The number of aromatic nitrogens is 1. The SMILES string of the molecule is Cc1cc(F)cc2c(N(C)CCN3CCCC3=O)c(C#N)cnc12. The van der Waals surface area contributed by atoms with E-state index in [1.54, 1.807) is 6.92 Å². The number of likely N-dealkylation sites (tertiary alicyclic amines) is 1. The number of carbonyl (C=O) groups excluding carboxylic acids is 1. The van der Waals surface area contributed by atoms with Gasteiger partial charge in [0.1, 0.15) is 11.9 Å². The van der Waals surface area contributed by atoms with Gasteiger partial charge in [-0.15, -0.1) is 0 Å². The molecule has 1 amide bonds. The van der Waals surface area contributed by atoms with E-state index in [9.17, 15) is 14.4 Å². The van der Waals surface area contributed by atoms with Crippen molar-refractivity contribution in [2.45, 2.75) is 19.8 Å². The van der Waals surface area contributed by atoms with Crippen molar-refractivity contribution in [3.63, 3.8) is 0 Å². The highest BCUT2D eigenvalue weighted by atomic mass is 19.1. The van der Waals surface area contributed by atoms with Gasteiger partial charge in [0, 0.05) is 44.7 Å². The minimum Gasteiger partial charge on any atom is -0.371 e. The van der Waals surface area contributed by atoms with Crippen molar-refractivity contribution >= 4 is 22.5 Å². The zero-order valence-corrected chi connectivity index (χ0v) is 13.8. The molecule has 0 atom stereocenters. The average Bonchev–Trinajstić information content (AvgIpc) is 2.96. The number of nitriles is 1. The fourth-order valence-electron chi connectivity index (χ4n) is 3.24. The number of rotatable bonds is 4. The molecule has 1 saturated heterocycles. The van der Waals surface area contributed by atoms with Crippen molar-refractivity contribution in [3.05, 3.63) is 35.3 Å². The maximum absolute atomic E-state index is 13.9. The molecule has 124 valence electrons. The fourth-order valence-corrected chi connectivity index (χ4v) is 3.24. The van der Waals surface area contributed by atoms with Crippen LogP contribution in [-0.4, -0.2) is 42.5 Å². The van der Waals surface area contributed by atoms with Gasteiger partial charge in [-0.3, -0.25) is 9.78 Å². The molecule has 0 saturated carbocycles. The molecule has 2 aromatic rings. The molecule has 6 heteroatoms. The van der Waals surface area contributed by atoms with E-state index in [2.05, 4.69) is 11.1 Å². The van der Waals surface area contributed by atoms with Crippen molar-refractivity contribution in [1.82, 2.24) is 9.88 Å². The second-order valence-electron chi connectivity index (χ2n) is 6.16. The number of benzene rings is 1. The number of aryl methyl sites for hydroxylation is 1. The first kappa shape index (κ1) is 16.2. The van der Waals surface area contributed by atoms with E-state index in [-0.39, 0.29) is 11.7 Å². The molecule has 1 aromatic carbocycles. The van der Waals surface area contributed by atoms with Crippen molar-refractivity contribution in [2.75, 3.05) is 31.6 Å². The van der Waals surface area contributed by atoms with Crippen LogP contribution in [0.4, 0.5) is 10.1 Å². The summed E-state index contributed by atoms with van der Waals surface area (Å²) in [6.45, 7) is 3.76. The number of hydrogen-bond acceptors (Lipinski definition) is 4. The van der Waals surface area contributed by atoms with Gasteiger partial charge < -0.3 is 9.80 Å². The van der Waals surface area contributed by atoms with Crippen LogP contribution in [0.2, 0.25) is 0 Å². The Labute approximate surface area is 140 Å². The molecule has 0 N–H and O–H groups in total. The van der Waals surface area contributed by atoms with Gasteiger partial charge in [-0.1, -0.05) is 0 Å². The minimum atomic E-state index is -0.346. The minimum absolute atomic E-state index is 0.172. The van der Waals surface area contributed by atoms with Gasteiger partial charge >= 0.3 is 0 Å². The van der Waals surface area contributed by atoms with Gasteiger partial charge in [0.15, 0.2) is 0 Å². The molecule has 0 radical (unpaired) electrons. The van der Waals surface area contributed by atoms with Crippen LogP contribution in [0.5, 0.6) is 0 Å². The Hall–Kier alpha value is -2.68. The van der Waals surface area contributed by atoms with Gasteiger partial charge in [0.2, 0.25) is 5.91 Å². The Morgan fingerprint density at radius 2 is 2.25 bits per heavy atom. The van der Waals surface area contributed by atoms with Crippen molar-refractivity contribution < 1.29 is 9.18 Å². The molecule has 1 aromatic heterocycles. The predicted octanol–water partition coefficient (Wildman–Crippen LogP) is 2.61. The third-order valence-electron chi connectivity index (χ3n) is 4.48. The molecule has 1 aliphatic rings. The van der Waals surface area contributed by atoms with E-state index in [1.807, 2.05) is 16.8 Å². The van der Waals surface area contributed by atoms with Crippen LogP contribution in [0.3, 0.4) is 0 Å². The largest absolute Gasteiger partial charge is 0.371 e. The number of anilines is 1. The second-order valence-corrected chi connectivity index (χ2v) is 6.16. The highest BCUT2D eigenvalue weighted by molar-refractivity contribution is 5.96. The lowest BCUT2D eigenvalue weighted by molar-refractivity contribution is -0.127. The lowest BCUT2D eigenvalue weighted by atomic mass is 10.1. The summed E-state index contributed by atoms with van der Waals surface area (Å²) >= 11 is 0. The van der Waals surface area contributed by atoms with E-state index in [0.717, 1.165) is 18.5 Å². The fraction of sp³-hybridized carbons (Fsp3) is 0.389. The summed E-state index contributed by atoms with van der Waals surface area (Å²) in [5.41, 5.74) is 2.49. The third kappa shape index (κ3) is 2.90. The first-order chi connectivity index (χ1) is 11.5. The van der Waals surface area contributed by atoms with Crippen LogP contribution < -0.4 is 4.90 Å². The molecule has 0 aliphatic carbocycles. The van der Waals surface area contributed by atoms with Gasteiger partial charge in [-0.2, -0.15) is 5.26 Å². The van der Waals surface area contributed by atoms with Crippen LogP contribution in [0.15, 0.2) is 18.3 Å². The highest BCUT2D eigenvalue weighted by Crippen LogP contribution is 2.31. The molecule has 24 heavy (non-hydrogen) atoms. The lowest BCUT2D eigenvalue weighted by Gasteiger charge is -2.25. The highest BCUT2D eigenvalue weighted by Gasteiger charge is 2.21.